The number of nitrogens with one attached hydrogen (secondary N) is 1. The van der Waals surface area contributed by atoms with Crippen molar-refractivity contribution in [2.45, 2.75) is 6.18 Å². The first-order valence-corrected chi connectivity index (χ1v) is 8.18. The monoisotopic (exact) mass is 408 g/mol. The molecule has 0 amide bonds. The number of halogens is 5. The molecule has 2 heterocycles. The maximum Gasteiger partial charge on any atom is 0.453 e. The summed E-state index contributed by atoms with van der Waals surface area (Å²) in [7, 11) is 0. The van der Waals surface area contributed by atoms with Gasteiger partial charge in [-0.15, -0.1) is 15.3 Å². The summed E-state index contributed by atoms with van der Waals surface area (Å²) in [5.41, 5.74) is 2.52. The van der Waals surface area contributed by atoms with Crippen molar-refractivity contribution in [1.82, 2.24) is 19.8 Å². The van der Waals surface area contributed by atoms with E-state index in [4.69, 9.17) is 11.6 Å². The van der Waals surface area contributed by atoms with Gasteiger partial charge in [-0.05, 0) is 12.1 Å². The van der Waals surface area contributed by atoms with Crippen molar-refractivity contribution in [2.75, 3.05) is 5.43 Å². The second-order valence-corrected chi connectivity index (χ2v) is 6.06. The lowest BCUT2D eigenvalue weighted by molar-refractivity contribution is -0.146. The number of alkyl halides is 3. The highest BCUT2D eigenvalue weighted by Crippen LogP contribution is 2.31. The van der Waals surface area contributed by atoms with E-state index in [2.05, 4.69) is 25.8 Å². The summed E-state index contributed by atoms with van der Waals surface area (Å²) in [6.07, 6.45) is -3.62. The molecule has 0 unspecified atom stereocenters. The Morgan fingerprint density at radius 3 is 2.50 bits per heavy atom. The quantitative estimate of drug-likeness (QED) is 0.307. The molecule has 11 heteroatoms. The molecule has 0 atom stereocenters. The zero-order valence-electron chi connectivity index (χ0n) is 13.7. The Hall–Kier alpha value is -3.27. The molecule has 0 aliphatic rings. The Morgan fingerprint density at radius 1 is 1.04 bits per heavy atom. The van der Waals surface area contributed by atoms with E-state index in [1.165, 1.54) is 18.2 Å². The summed E-state index contributed by atoms with van der Waals surface area (Å²) < 4.78 is 53.9. The molecule has 6 nitrogen and oxygen atoms in total. The fourth-order valence-corrected chi connectivity index (χ4v) is 2.84. The van der Waals surface area contributed by atoms with Gasteiger partial charge in [0.25, 0.3) is 5.82 Å². The van der Waals surface area contributed by atoms with Crippen LogP contribution in [0.1, 0.15) is 11.4 Å². The van der Waals surface area contributed by atoms with Gasteiger partial charge in [-0.2, -0.15) is 22.8 Å². The highest BCUT2D eigenvalue weighted by atomic mass is 35.5. The van der Waals surface area contributed by atoms with Crippen LogP contribution in [0.25, 0.3) is 16.4 Å². The summed E-state index contributed by atoms with van der Waals surface area (Å²) in [5, 5.41) is 15.6. The highest BCUT2D eigenvalue weighted by molar-refractivity contribution is 6.33. The molecule has 0 spiro atoms. The maximum atomic E-state index is 13.8. The smallest absolute Gasteiger partial charge is 0.259 e. The molecule has 0 radical (unpaired) electrons. The zero-order chi connectivity index (χ0) is 19.9. The van der Waals surface area contributed by atoms with Gasteiger partial charge in [0.05, 0.1) is 11.2 Å². The van der Waals surface area contributed by atoms with Gasteiger partial charge in [-0.1, -0.05) is 41.9 Å². The summed E-state index contributed by atoms with van der Waals surface area (Å²) in [5.74, 6) is -1.85. The average Bonchev–Trinajstić information content (AvgIpc) is 3.08. The van der Waals surface area contributed by atoms with Gasteiger partial charge >= 0.3 is 6.18 Å². The van der Waals surface area contributed by atoms with Crippen molar-refractivity contribution < 1.29 is 17.6 Å². The summed E-state index contributed by atoms with van der Waals surface area (Å²) in [4.78, 5) is 0. The van der Waals surface area contributed by atoms with Crippen LogP contribution in [0.4, 0.5) is 23.4 Å². The molecule has 0 aliphatic carbocycles. The van der Waals surface area contributed by atoms with E-state index in [0.29, 0.717) is 15.3 Å². The Bertz CT molecular complexity index is 1200. The largest absolute Gasteiger partial charge is 0.453 e. The molecule has 2 aromatic heterocycles. The molecule has 142 valence electrons. The number of rotatable bonds is 3. The van der Waals surface area contributed by atoms with Crippen molar-refractivity contribution in [3.8, 4) is 0 Å². The topological polar surface area (TPSA) is 67.5 Å². The molecule has 4 aromatic rings. The van der Waals surface area contributed by atoms with Gasteiger partial charge in [0, 0.05) is 16.3 Å². The number of hydrogen-bond acceptors (Lipinski definition) is 5. The van der Waals surface area contributed by atoms with Crippen LogP contribution in [0.3, 0.4) is 0 Å². The summed E-state index contributed by atoms with van der Waals surface area (Å²) in [6.45, 7) is 0. The second-order valence-electron chi connectivity index (χ2n) is 5.66. The molecule has 0 fully saturated rings. The number of benzene rings is 2. The average molecular weight is 409 g/mol. The standard InChI is InChI=1S/C17H9ClF4N6/c18-12-6-3-7-13(19)11(12)8-23-24-14-9-4-1-2-5-10(9)15-25-26-16(17(20,21)22)28(15)27-14/h1-8H,(H,24,27). The van der Waals surface area contributed by atoms with Gasteiger partial charge in [0.2, 0.25) is 0 Å². The fourth-order valence-electron chi connectivity index (χ4n) is 2.63. The second kappa shape index (κ2) is 6.71. The lowest BCUT2D eigenvalue weighted by Gasteiger charge is -2.08. The first kappa shape index (κ1) is 18.1. The third kappa shape index (κ3) is 3.11. The van der Waals surface area contributed by atoms with E-state index in [1.54, 1.807) is 24.3 Å². The fraction of sp³-hybridized carbons (Fsp3) is 0.0588. The summed E-state index contributed by atoms with van der Waals surface area (Å²) in [6, 6.07) is 10.7. The molecule has 0 saturated carbocycles. The van der Waals surface area contributed by atoms with E-state index in [9.17, 15) is 17.6 Å². The lowest BCUT2D eigenvalue weighted by atomic mass is 10.2. The van der Waals surface area contributed by atoms with Gasteiger partial charge < -0.3 is 0 Å². The van der Waals surface area contributed by atoms with Crippen molar-refractivity contribution >= 4 is 40.1 Å². The first-order valence-electron chi connectivity index (χ1n) is 7.80. The minimum atomic E-state index is -4.74. The van der Waals surface area contributed by atoms with Crippen LogP contribution in [0.5, 0.6) is 0 Å². The van der Waals surface area contributed by atoms with E-state index in [0.717, 1.165) is 6.21 Å². The van der Waals surface area contributed by atoms with Gasteiger partial charge in [-0.3, -0.25) is 5.43 Å². The molecule has 0 saturated heterocycles. The van der Waals surface area contributed by atoms with E-state index in [-0.39, 0.29) is 22.1 Å². The minimum Gasteiger partial charge on any atom is -0.259 e. The van der Waals surface area contributed by atoms with Gasteiger partial charge in [-0.25, -0.2) is 4.39 Å². The molecule has 28 heavy (non-hydrogen) atoms. The van der Waals surface area contributed by atoms with Crippen LogP contribution < -0.4 is 5.43 Å². The number of hydrazone groups is 1. The number of anilines is 1. The molecular formula is C17H9ClF4N6. The number of aromatic nitrogens is 4. The van der Waals surface area contributed by atoms with Crippen LogP contribution in [-0.4, -0.2) is 26.0 Å². The number of nitrogens with zero attached hydrogens (tertiary/aromatic N) is 5. The van der Waals surface area contributed by atoms with Crippen LogP contribution >= 0.6 is 11.6 Å². The molecule has 4 rings (SSSR count). The van der Waals surface area contributed by atoms with E-state index in [1.807, 2.05) is 0 Å². The number of fused-ring (bicyclic) bond motifs is 3. The maximum absolute atomic E-state index is 13.8. The highest BCUT2D eigenvalue weighted by Gasteiger charge is 2.38. The Balaban J connectivity index is 1.82. The van der Waals surface area contributed by atoms with Crippen molar-refractivity contribution in [1.29, 1.82) is 0 Å². The van der Waals surface area contributed by atoms with Gasteiger partial charge in [0.15, 0.2) is 11.5 Å². The van der Waals surface area contributed by atoms with E-state index < -0.39 is 17.8 Å². The predicted molar refractivity (Wildman–Crippen MR) is 95.9 cm³/mol. The van der Waals surface area contributed by atoms with Crippen LogP contribution in [0, 0.1) is 5.82 Å². The zero-order valence-corrected chi connectivity index (χ0v) is 14.5. The molecule has 0 bridgehead atoms. The third-order valence-corrected chi connectivity index (χ3v) is 4.21. The van der Waals surface area contributed by atoms with Crippen LogP contribution in [-0.2, 0) is 6.18 Å². The summed E-state index contributed by atoms with van der Waals surface area (Å²) >= 11 is 5.92. The first-order chi connectivity index (χ1) is 13.4. The molecule has 1 N–H and O–H groups in total. The van der Waals surface area contributed by atoms with Crippen LogP contribution in [0.15, 0.2) is 47.6 Å². The van der Waals surface area contributed by atoms with Crippen molar-refractivity contribution in [2.24, 2.45) is 5.10 Å². The lowest BCUT2D eigenvalue weighted by Crippen LogP contribution is -2.13. The Labute approximate surface area is 159 Å². The SMILES string of the molecule is Fc1cccc(Cl)c1C=NNc1nn2c(C(F)(F)F)nnc2c2ccccc12. The Kier molecular flexibility index (Phi) is 4.34. The van der Waals surface area contributed by atoms with E-state index >= 15 is 0 Å². The van der Waals surface area contributed by atoms with Gasteiger partial charge in [0.1, 0.15) is 5.82 Å². The minimum absolute atomic E-state index is 0.0112. The van der Waals surface area contributed by atoms with Crippen molar-refractivity contribution in [3.63, 3.8) is 0 Å². The molecule has 2 aromatic carbocycles. The van der Waals surface area contributed by atoms with Crippen molar-refractivity contribution in [3.05, 3.63) is 64.7 Å². The normalized spacial score (nSPS) is 12.3. The Morgan fingerprint density at radius 2 is 1.79 bits per heavy atom. The third-order valence-electron chi connectivity index (χ3n) is 3.88. The molecular weight excluding hydrogens is 400 g/mol. The number of hydrogen-bond donors (Lipinski definition) is 1. The molecule has 0 aliphatic heterocycles. The predicted octanol–water partition coefficient (Wildman–Crippen LogP) is 4.53. The van der Waals surface area contributed by atoms with Crippen LogP contribution in [0.2, 0.25) is 5.02 Å².